The molecule has 0 radical (unpaired) electrons. The third-order valence-electron chi connectivity index (χ3n) is 3.62. The number of nitrogens with zero attached hydrogens (tertiary/aromatic N) is 4. The molecule has 1 amide bonds. The molecule has 0 saturated heterocycles. The minimum atomic E-state index is -0.130. The monoisotopic (exact) mass is 335 g/mol. The first-order valence-electron chi connectivity index (χ1n) is 7.34. The van der Waals surface area contributed by atoms with Crippen molar-refractivity contribution in [2.75, 3.05) is 5.32 Å². The fourth-order valence-electron chi connectivity index (χ4n) is 2.39. The molecule has 118 valence electrons. The summed E-state index contributed by atoms with van der Waals surface area (Å²) in [6, 6.07) is 13.2. The van der Waals surface area contributed by atoms with Gasteiger partial charge in [0.05, 0.1) is 22.3 Å². The minimum absolute atomic E-state index is 0.130. The lowest BCUT2D eigenvalue weighted by Gasteiger charge is -2.07. The van der Waals surface area contributed by atoms with Gasteiger partial charge in [-0.3, -0.25) is 4.79 Å². The molecule has 0 aliphatic carbocycles. The normalized spacial score (nSPS) is 10.8. The number of amides is 1. The van der Waals surface area contributed by atoms with Crippen LogP contribution in [0.3, 0.4) is 0 Å². The van der Waals surface area contributed by atoms with Gasteiger partial charge < -0.3 is 5.32 Å². The van der Waals surface area contributed by atoms with Gasteiger partial charge in [0.25, 0.3) is 5.91 Å². The summed E-state index contributed by atoms with van der Waals surface area (Å²) in [5.41, 5.74) is 5.16. The summed E-state index contributed by atoms with van der Waals surface area (Å²) in [4.78, 5) is 20.5. The summed E-state index contributed by atoms with van der Waals surface area (Å²) in [7, 11) is 0. The van der Waals surface area contributed by atoms with E-state index in [1.807, 2.05) is 36.4 Å². The topological polar surface area (TPSA) is 72.7 Å². The zero-order valence-corrected chi connectivity index (χ0v) is 13.4. The Bertz CT molecular complexity index is 976. The number of carbonyl (C=O) groups excluding carboxylic acids is 1. The predicted octanol–water partition coefficient (Wildman–Crippen LogP) is 3.19. The molecule has 24 heavy (non-hydrogen) atoms. The van der Waals surface area contributed by atoms with Crippen molar-refractivity contribution in [2.45, 2.75) is 6.54 Å². The number of anilines is 1. The molecule has 4 aromatic rings. The lowest BCUT2D eigenvalue weighted by Crippen LogP contribution is -2.11. The molecule has 0 fully saturated rings. The van der Waals surface area contributed by atoms with Crippen molar-refractivity contribution in [2.24, 2.45) is 0 Å². The Morgan fingerprint density at radius 3 is 2.83 bits per heavy atom. The minimum Gasteiger partial charge on any atom is -0.322 e. The highest BCUT2D eigenvalue weighted by Crippen LogP contribution is 2.20. The van der Waals surface area contributed by atoms with Crippen LogP contribution in [0, 0.1) is 0 Å². The molecule has 2 aromatic carbocycles. The summed E-state index contributed by atoms with van der Waals surface area (Å²) < 4.78 is 2.75. The Balaban J connectivity index is 1.47. The van der Waals surface area contributed by atoms with E-state index in [-0.39, 0.29) is 5.91 Å². The maximum atomic E-state index is 12.4. The van der Waals surface area contributed by atoms with Crippen LogP contribution in [0.4, 0.5) is 5.69 Å². The Kier molecular flexibility index (Phi) is 3.76. The number of rotatable bonds is 4. The van der Waals surface area contributed by atoms with E-state index < -0.39 is 0 Å². The standard InChI is InChI=1S/C17H13N5OS/c23-17(13-3-6-15-16(7-13)24-11-19-15)21-14-4-1-12(2-5-14)8-22-10-18-9-20-22/h1-7,9-11H,8H2,(H,21,23). The number of aromatic nitrogens is 4. The van der Waals surface area contributed by atoms with E-state index >= 15 is 0 Å². The van der Waals surface area contributed by atoms with Crippen LogP contribution >= 0.6 is 11.3 Å². The fourth-order valence-corrected chi connectivity index (χ4v) is 3.11. The third kappa shape index (κ3) is 3.02. The molecule has 1 N–H and O–H groups in total. The molecule has 2 aromatic heterocycles. The van der Waals surface area contributed by atoms with Crippen LogP contribution in [0.25, 0.3) is 10.2 Å². The summed E-state index contributed by atoms with van der Waals surface area (Å²) in [6.45, 7) is 0.649. The molecule has 0 spiro atoms. The Morgan fingerprint density at radius 2 is 2.04 bits per heavy atom. The van der Waals surface area contributed by atoms with Gasteiger partial charge in [-0.2, -0.15) is 5.10 Å². The second-order valence-electron chi connectivity index (χ2n) is 5.28. The van der Waals surface area contributed by atoms with E-state index in [2.05, 4.69) is 20.4 Å². The van der Waals surface area contributed by atoms with Gasteiger partial charge in [0, 0.05) is 11.3 Å². The van der Waals surface area contributed by atoms with Crippen LogP contribution in [0.1, 0.15) is 15.9 Å². The van der Waals surface area contributed by atoms with Crippen molar-refractivity contribution in [3.8, 4) is 0 Å². The quantitative estimate of drug-likeness (QED) is 0.622. The van der Waals surface area contributed by atoms with Gasteiger partial charge in [0.2, 0.25) is 0 Å². The number of hydrogen-bond acceptors (Lipinski definition) is 5. The van der Waals surface area contributed by atoms with Crippen molar-refractivity contribution >= 4 is 33.1 Å². The summed E-state index contributed by atoms with van der Waals surface area (Å²) in [5, 5.41) is 6.99. The fraction of sp³-hybridized carbons (Fsp3) is 0.0588. The maximum absolute atomic E-state index is 12.4. The number of benzene rings is 2. The first kappa shape index (κ1) is 14.5. The molecule has 4 rings (SSSR count). The summed E-state index contributed by atoms with van der Waals surface area (Å²) in [5.74, 6) is -0.130. The Hall–Kier alpha value is -3.06. The van der Waals surface area contributed by atoms with Crippen molar-refractivity contribution in [1.82, 2.24) is 19.7 Å². The highest BCUT2D eigenvalue weighted by Gasteiger charge is 2.08. The van der Waals surface area contributed by atoms with E-state index in [1.54, 1.807) is 22.6 Å². The predicted molar refractivity (Wildman–Crippen MR) is 93.1 cm³/mol. The van der Waals surface area contributed by atoms with Gasteiger partial charge in [0.15, 0.2) is 0 Å². The van der Waals surface area contributed by atoms with E-state index in [0.29, 0.717) is 12.1 Å². The molecule has 0 saturated carbocycles. The largest absolute Gasteiger partial charge is 0.322 e. The zero-order valence-electron chi connectivity index (χ0n) is 12.6. The van der Waals surface area contributed by atoms with Crippen LogP contribution < -0.4 is 5.32 Å². The lowest BCUT2D eigenvalue weighted by atomic mass is 10.1. The van der Waals surface area contributed by atoms with Gasteiger partial charge in [-0.15, -0.1) is 11.3 Å². The molecule has 0 atom stereocenters. The molecule has 6 nitrogen and oxygen atoms in total. The van der Waals surface area contributed by atoms with Crippen molar-refractivity contribution < 1.29 is 4.79 Å². The first-order chi connectivity index (χ1) is 11.8. The van der Waals surface area contributed by atoms with Gasteiger partial charge in [-0.05, 0) is 35.9 Å². The molecule has 7 heteroatoms. The van der Waals surface area contributed by atoms with Crippen molar-refractivity contribution in [3.63, 3.8) is 0 Å². The van der Waals surface area contributed by atoms with Crippen LogP contribution in [-0.2, 0) is 6.54 Å². The van der Waals surface area contributed by atoms with Crippen LogP contribution in [0.5, 0.6) is 0 Å². The van der Waals surface area contributed by atoms with E-state index in [1.165, 1.54) is 17.7 Å². The maximum Gasteiger partial charge on any atom is 0.255 e. The summed E-state index contributed by atoms with van der Waals surface area (Å²) >= 11 is 1.52. The van der Waals surface area contributed by atoms with Crippen LogP contribution in [0.2, 0.25) is 0 Å². The number of carbonyl (C=O) groups is 1. The van der Waals surface area contributed by atoms with E-state index in [0.717, 1.165) is 21.5 Å². The summed E-state index contributed by atoms with van der Waals surface area (Å²) in [6.07, 6.45) is 3.18. The molecular formula is C17H13N5OS. The van der Waals surface area contributed by atoms with E-state index in [4.69, 9.17) is 0 Å². The number of nitrogens with one attached hydrogen (secondary N) is 1. The van der Waals surface area contributed by atoms with Crippen molar-refractivity contribution in [3.05, 3.63) is 71.8 Å². The molecule has 0 bridgehead atoms. The highest BCUT2D eigenvalue weighted by atomic mass is 32.1. The first-order valence-corrected chi connectivity index (χ1v) is 8.22. The molecule has 2 heterocycles. The van der Waals surface area contributed by atoms with Gasteiger partial charge in [0.1, 0.15) is 12.7 Å². The SMILES string of the molecule is O=C(Nc1ccc(Cn2cncn2)cc1)c1ccc2ncsc2c1. The molecular weight excluding hydrogens is 322 g/mol. The molecule has 0 unspecified atom stereocenters. The molecule has 0 aliphatic heterocycles. The zero-order chi connectivity index (χ0) is 16.4. The second kappa shape index (κ2) is 6.21. The highest BCUT2D eigenvalue weighted by molar-refractivity contribution is 7.16. The lowest BCUT2D eigenvalue weighted by molar-refractivity contribution is 0.102. The van der Waals surface area contributed by atoms with Gasteiger partial charge in [-0.25, -0.2) is 14.6 Å². The smallest absolute Gasteiger partial charge is 0.255 e. The average Bonchev–Trinajstić information content (AvgIpc) is 3.27. The van der Waals surface area contributed by atoms with Crippen LogP contribution in [0.15, 0.2) is 60.6 Å². The number of hydrogen-bond donors (Lipinski definition) is 1. The number of fused-ring (bicyclic) bond motifs is 1. The van der Waals surface area contributed by atoms with Gasteiger partial charge >= 0.3 is 0 Å². The van der Waals surface area contributed by atoms with E-state index in [9.17, 15) is 4.79 Å². The molecule has 0 aliphatic rings. The van der Waals surface area contributed by atoms with Crippen molar-refractivity contribution in [1.29, 1.82) is 0 Å². The number of thiazole rings is 1. The van der Waals surface area contributed by atoms with Gasteiger partial charge in [-0.1, -0.05) is 12.1 Å². The Labute approximate surface area is 141 Å². The van der Waals surface area contributed by atoms with Crippen LogP contribution in [-0.4, -0.2) is 25.7 Å². The average molecular weight is 335 g/mol. The third-order valence-corrected chi connectivity index (χ3v) is 4.41. The second-order valence-corrected chi connectivity index (χ2v) is 6.17. The Morgan fingerprint density at radius 1 is 1.17 bits per heavy atom.